The average molecular weight is 265 g/mol. The molecule has 0 spiro atoms. The third-order valence-electron chi connectivity index (χ3n) is 4.10. The summed E-state index contributed by atoms with van der Waals surface area (Å²) in [6.45, 7) is 2.94. The third kappa shape index (κ3) is 3.39. The number of aliphatic hydroxyl groups is 1. The summed E-state index contributed by atoms with van der Waals surface area (Å²) >= 11 is 0. The van der Waals surface area contributed by atoms with Crippen LogP contribution in [0.5, 0.6) is 11.5 Å². The van der Waals surface area contributed by atoms with Gasteiger partial charge in [-0.05, 0) is 36.5 Å². The van der Waals surface area contributed by atoms with Crippen molar-refractivity contribution in [3.63, 3.8) is 0 Å². The van der Waals surface area contributed by atoms with Crippen molar-refractivity contribution in [1.29, 1.82) is 0 Å². The zero-order chi connectivity index (χ0) is 13.9. The molecule has 0 saturated heterocycles. The van der Waals surface area contributed by atoms with Crippen molar-refractivity contribution in [1.82, 2.24) is 5.32 Å². The molecule has 4 heteroatoms. The van der Waals surface area contributed by atoms with E-state index >= 15 is 0 Å². The molecule has 0 aromatic heterocycles. The molecule has 2 unspecified atom stereocenters. The summed E-state index contributed by atoms with van der Waals surface area (Å²) in [7, 11) is 0. The summed E-state index contributed by atoms with van der Waals surface area (Å²) in [6, 6.07) is 4.82. The lowest BCUT2D eigenvalue weighted by molar-refractivity contribution is 0.0982. The fourth-order valence-electron chi connectivity index (χ4n) is 2.99. The molecule has 0 amide bonds. The van der Waals surface area contributed by atoms with Crippen LogP contribution in [0.3, 0.4) is 0 Å². The molecule has 2 rings (SSSR count). The van der Waals surface area contributed by atoms with Crippen molar-refractivity contribution in [3.8, 4) is 11.5 Å². The Morgan fingerprint density at radius 1 is 1.32 bits per heavy atom. The van der Waals surface area contributed by atoms with E-state index in [0.717, 1.165) is 24.8 Å². The van der Waals surface area contributed by atoms with Crippen LogP contribution in [0.4, 0.5) is 0 Å². The number of phenols is 2. The Morgan fingerprint density at radius 2 is 2.11 bits per heavy atom. The predicted molar refractivity (Wildman–Crippen MR) is 74.1 cm³/mol. The van der Waals surface area contributed by atoms with Crippen LogP contribution in [-0.4, -0.2) is 27.5 Å². The molecule has 4 nitrogen and oxygen atoms in total. The Morgan fingerprint density at radius 3 is 2.74 bits per heavy atom. The Hall–Kier alpha value is -1.26. The van der Waals surface area contributed by atoms with E-state index in [1.165, 1.54) is 12.5 Å². The van der Waals surface area contributed by atoms with Gasteiger partial charge in [0.1, 0.15) is 0 Å². The van der Waals surface area contributed by atoms with Gasteiger partial charge in [0.05, 0.1) is 6.61 Å². The van der Waals surface area contributed by atoms with Crippen molar-refractivity contribution in [2.75, 3.05) is 6.61 Å². The van der Waals surface area contributed by atoms with Gasteiger partial charge in [-0.15, -0.1) is 0 Å². The molecular formula is C15H23NO3. The topological polar surface area (TPSA) is 72.7 Å². The second-order valence-corrected chi connectivity index (χ2v) is 5.82. The molecule has 4 N–H and O–H groups in total. The summed E-state index contributed by atoms with van der Waals surface area (Å²) in [4.78, 5) is 0. The molecule has 1 aromatic rings. The lowest BCUT2D eigenvalue weighted by Crippen LogP contribution is -2.51. The zero-order valence-electron chi connectivity index (χ0n) is 11.4. The molecule has 1 fully saturated rings. The largest absolute Gasteiger partial charge is 0.504 e. The summed E-state index contributed by atoms with van der Waals surface area (Å²) in [6.07, 6.45) is 4.32. The van der Waals surface area contributed by atoms with Crippen LogP contribution in [0.1, 0.15) is 38.2 Å². The number of hydrogen-bond acceptors (Lipinski definition) is 4. The van der Waals surface area contributed by atoms with Crippen LogP contribution in [-0.2, 0) is 6.54 Å². The standard InChI is InChI=1S/C15H23NO3/c1-11-3-2-6-15(8-11,10-17)16-9-12-4-5-13(18)14(19)7-12/h4-5,7,11,16-19H,2-3,6,8-10H2,1H3. The molecule has 2 atom stereocenters. The van der Waals surface area contributed by atoms with E-state index in [4.69, 9.17) is 0 Å². The van der Waals surface area contributed by atoms with Crippen molar-refractivity contribution in [3.05, 3.63) is 23.8 Å². The van der Waals surface area contributed by atoms with Gasteiger partial charge >= 0.3 is 0 Å². The van der Waals surface area contributed by atoms with Gasteiger partial charge in [-0.3, -0.25) is 0 Å². The molecule has 1 aliphatic rings. The maximum absolute atomic E-state index is 9.68. The molecule has 0 radical (unpaired) electrons. The Balaban J connectivity index is 2.01. The molecule has 1 saturated carbocycles. The summed E-state index contributed by atoms with van der Waals surface area (Å²) < 4.78 is 0. The first-order valence-electron chi connectivity index (χ1n) is 6.91. The van der Waals surface area contributed by atoms with Gasteiger partial charge in [0, 0.05) is 12.1 Å². The molecule has 106 valence electrons. The van der Waals surface area contributed by atoms with Crippen LogP contribution in [0.2, 0.25) is 0 Å². The summed E-state index contributed by atoms with van der Waals surface area (Å²) in [5.41, 5.74) is 0.701. The monoisotopic (exact) mass is 265 g/mol. The van der Waals surface area contributed by atoms with Crippen LogP contribution in [0.15, 0.2) is 18.2 Å². The van der Waals surface area contributed by atoms with E-state index in [1.807, 2.05) is 0 Å². The number of nitrogens with one attached hydrogen (secondary N) is 1. The molecule has 1 aliphatic carbocycles. The van der Waals surface area contributed by atoms with Gasteiger partial charge in [-0.25, -0.2) is 0 Å². The Bertz CT molecular complexity index is 435. The average Bonchev–Trinajstić information content (AvgIpc) is 2.40. The Labute approximate surface area is 114 Å². The van der Waals surface area contributed by atoms with Gasteiger partial charge < -0.3 is 20.6 Å². The summed E-state index contributed by atoms with van der Waals surface area (Å²) in [5, 5.41) is 31.9. The fraction of sp³-hybridized carbons (Fsp3) is 0.600. The minimum Gasteiger partial charge on any atom is -0.504 e. The minimum atomic E-state index is -0.203. The van der Waals surface area contributed by atoms with Crippen LogP contribution < -0.4 is 5.32 Å². The normalized spacial score (nSPS) is 27.4. The smallest absolute Gasteiger partial charge is 0.157 e. The van der Waals surface area contributed by atoms with Crippen LogP contribution in [0, 0.1) is 5.92 Å². The summed E-state index contributed by atoms with van der Waals surface area (Å²) in [5.74, 6) is 0.419. The highest BCUT2D eigenvalue weighted by molar-refractivity contribution is 5.40. The van der Waals surface area contributed by atoms with Crippen molar-refractivity contribution in [2.24, 2.45) is 5.92 Å². The number of phenolic OH excluding ortho intramolecular Hbond substituents is 2. The molecule has 19 heavy (non-hydrogen) atoms. The third-order valence-corrected chi connectivity index (χ3v) is 4.10. The maximum atomic E-state index is 9.68. The van der Waals surface area contributed by atoms with E-state index in [1.54, 1.807) is 12.1 Å². The van der Waals surface area contributed by atoms with E-state index in [-0.39, 0.29) is 23.6 Å². The highest BCUT2D eigenvalue weighted by Crippen LogP contribution is 2.32. The lowest BCUT2D eigenvalue weighted by Gasteiger charge is -2.39. The van der Waals surface area contributed by atoms with Crippen molar-refractivity contribution < 1.29 is 15.3 Å². The number of rotatable bonds is 4. The van der Waals surface area contributed by atoms with Crippen molar-refractivity contribution in [2.45, 2.75) is 44.7 Å². The quantitative estimate of drug-likeness (QED) is 0.629. The van der Waals surface area contributed by atoms with Gasteiger partial charge in [-0.1, -0.05) is 25.8 Å². The number of hydrogen-bond donors (Lipinski definition) is 4. The molecule has 1 aromatic carbocycles. The minimum absolute atomic E-state index is 0.102. The highest BCUT2D eigenvalue weighted by Gasteiger charge is 2.33. The predicted octanol–water partition coefficient (Wildman–Crippen LogP) is 2.13. The number of benzene rings is 1. The van der Waals surface area contributed by atoms with E-state index in [9.17, 15) is 15.3 Å². The SMILES string of the molecule is CC1CCCC(CO)(NCc2ccc(O)c(O)c2)C1. The highest BCUT2D eigenvalue weighted by atomic mass is 16.3. The molecule has 0 heterocycles. The maximum Gasteiger partial charge on any atom is 0.157 e. The fourth-order valence-corrected chi connectivity index (χ4v) is 2.99. The number of aliphatic hydroxyl groups excluding tert-OH is 1. The van der Waals surface area contributed by atoms with E-state index in [0.29, 0.717) is 12.5 Å². The van der Waals surface area contributed by atoms with Crippen molar-refractivity contribution >= 4 is 0 Å². The van der Waals surface area contributed by atoms with Gasteiger partial charge in [-0.2, -0.15) is 0 Å². The Kier molecular flexibility index (Phi) is 4.32. The van der Waals surface area contributed by atoms with Gasteiger partial charge in [0.2, 0.25) is 0 Å². The van der Waals surface area contributed by atoms with E-state index in [2.05, 4.69) is 12.2 Å². The van der Waals surface area contributed by atoms with Crippen LogP contribution >= 0.6 is 0 Å². The first kappa shape index (κ1) is 14.2. The van der Waals surface area contributed by atoms with Crippen LogP contribution in [0.25, 0.3) is 0 Å². The molecule has 0 aliphatic heterocycles. The van der Waals surface area contributed by atoms with E-state index < -0.39 is 0 Å². The van der Waals surface area contributed by atoms with Gasteiger partial charge in [0.25, 0.3) is 0 Å². The second-order valence-electron chi connectivity index (χ2n) is 5.82. The molecular weight excluding hydrogens is 242 g/mol. The first-order chi connectivity index (χ1) is 9.04. The number of aromatic hydroxyl groups is 2. The lowest BCUT2D eigenvalue weighted by atomic mass is 9.77. The molecule has 0 bridgehead atoms. The first-order valence-corrected chi connectivity index (χ1v) is 6.91. The van der Waals surface area contributed by atoms with Gasteiger partial charge in [0.15, 0.2) is 11.5 Å². The zero-order valence-corrected chi connectivity index (χ0v) is 11.4. The second kappa shape index (κ2) is 5.80.